The number of amides is 1. The predicted octanol–water partition coefficient (Wildman–Crippen LogP) is 1.48. The Morgan fingerprint density at radius 1 is 1.12 bits per heavy atom. The molecule has 1 heterocycles. The molecule has 1 saturated heterocycles. The van der Waals surface area contributed by atoms with E-state index < -0.39 is 9.84 Å². The summed E-state index contributed by atoms with van der Waals surface area (Å²) in [5, 5.41) is 3.02. The Labute approximate surface area is 148 Å². The van der Waals surface area contributed by atoms with Crippen LogP contribution in [0.4, 0.5) is 4.39 Å². The van der Waals surface area contributed by atoms with Gasteiger partial charge in [0.2, 0.25) is 5.91 Å². The normalized spacial score (nSPS) is 22.6. The summed E-state index contributed by atoms with van der Waals surface area (Å²) >= 11 is 0. The van der Waals surface area contributed by atoms with E-state index in [0.717, 1.165) is 31.2 Å². The van der Waals surface area contributed by atoms with Gasteiger partial charge in [-0.3, -0.25) is 9.69 Å². The zero-order valence-corrected chi connectivity index (χ0v) is 15.2. The molecule has 5 nitrogen and oxygen atoms in total. The quantitative estimate of drug-likeness (QED) is 0.855. The van der Waals surface area contributed by atoms with Gasteiger partial charge in [0.15, 0.2) is 9.84 Å². The Hall–Kier alpha value is -1.47. The van der Waals surface area contributed by atoms with Crippen molar-refractivity contribution in [1.29, 1.82) is 0 Å². The summed E-state index contributed by atoms with van der Waals surface area (Å²) in [6.07, 6.45) is 4.19. The number of hydrogen-bond acceptors (Lipinski definition) is 4. The number of benzene rings is 1. The van der Waals surface area contributed by atoms with Crippen LogP contribution in [0.25, 0.3) is 0 Å². The molecule has 1 aromatic carbocycles. The zero-order valence-electron chi connectivity index (χ0n) is 14.3. The van der Waals surface area contributed by atoms with E-state index >= 15 is 0 Å². The topological polar surface area (TPSA) is 66.5 Å². The highest BCUT2D eigenvalue weighted by molar-refractivity contribution is 7.91. The van der Waals surface area contributed by atoms with Gasteiger partial charge in [-0.2, -0.15) is 0 Å². The Morgan fingerprint density at radius 2 is 1.72 bits per heavy atom. The monoisotopic (exact) mass is 368 g/mol. The average molecular weight is 368 g/mol. The highest BCUT2D eigenvalue weighted by atomic mass is 32.2. The molecule has 7 heteroatoms. The summed E-state index contributed by atoms with van der Waals surface area (Å²) in [7, 11) is -2.93. The first-order valence-corrected chi connectivity index (χ1v) is 10.7. The lowest BCUT2D eigenvalue weighted by Gasteiger charge is -2.31. The van der Waals surface area contributed by atoms with E-state index in [1.807, 2.05) is 17.0 Å². The largest absolute Gasteiger partial charge is 0.354 e. The van der Waals surface area contributed by atoms with Crippen molar-refractivity contribution in [1.82, 2.24) is 10.2 Å². The lowest BCUT2D eigenvalue weighted by molar-refractivity contribution is -0.122. The van der Waals surface area contributed by atoms with Crippen LogP contribution in [-0.2, 0) is 20.0 Å². The molecular weight excluding hydrogens is 343 g/mol. The van der Waals surface area contributed by atoms with E-state index in [4.69, 9.17) is 0 Å². The number of nitrogens with zero attached hydrogens (tertiary/aromatic N) is 1. The second kappa shape index (κ2) is 7.41. The molecule has 2 fully saturated rings. The van der Waals surface area contributed by atoms with Crippen LogP contribution in [-0.4, -0.2) is 56.9 Å². The first-order valence-electron chi connectivity index (χ1n) is 8.84. The molecule has 3 rings (SSSR count). The SMILES string of the molecule is O=C(CN1CCS(=O)(=O)CC1)NCC1(c2ccc(F)cc2)CCCC1. The molecule has 0 spiro atoms. The fraction of sp³-hybridized carbons (Fsp3) is 0.611. The molecule has 2 aliphatic rings. The Bertz CT molecular complexity index is 698. The molecule has 0 unspecified atom stereocenters. The van der Waals surface area contributed by atoms with E-state index in [1.54, 1.807) is 0 Å². The Morgan fingerprint density at radius 3 is 2.32 bits per heavy atom. The third-order valence-electron chi connectivity index (χ3n) is 5.45. The average Bonchev–Trinajstić information content (AvgIpc) is 3.06. The molecule has 1 saturated carbocycles. The van der Waals surface area contributed by atoms with Crippen LogP contribution in [0.5, 0.6) is 0 Å². The van der Waals surface area contributed by atoms with Crippen LogP contribution in [0.3, 0.4) is 0 Å². The summed E-state index contributed by atoms with van der Waals surface area (Å²) < 4.78 is 36.1. The molecule has 1 aliphatic heterocycles. The van der Waals surface area contributed by atoms with Crippen molar-refractivity contribution < 1.29 is 17.6 Å². The summed E-state index contributed by atoms with van der Waals surface area (Å²) in [5.74, 6) is -0.0757. The molecule has 25 heavy (non-hydrogen) atoms. The Balaban J connectivity index is 1.57. The summed E-state index contributed by atoms with van der Waals surface area (Å²) in [5.41, 5.74) is 0.963. The number of rotatable bonds is 5. The van der Waals surface area contributed by atoms with Crippen LogP contribution >= 0.6 is 0 Å². The van der Waals surface area contributed by atoms with Crippen LogP contribution < -0.4 is 5.32 Å². The van der Waals surface area contributed by atoms with Crippen molar-refractivity contribution in [2.24, 2.45) is 0 Å². The molecule has 138 valence electrons. The third kappa shape index (κ3) is 4.58. The van der Waals surface area contributed by atoms with Crippen LogP contribution in [0, 0.1) is 5.82 Å². The fourth-order valence-electron chi connectivity index (χ4n) is 3.86. The minimum absolute atomic E-state index is 0.0762. The van der Waals surface area contributed by atoms with Gasteiger partial charge in [-0.15, -0.1) is 0 Å². The summed E-state index contributed by atoms with van der Waals surface area (Å²) in [6, 6.07) is 6.60. The Kier molecular flexibility index (Phi) is 5.43. The second-order valence-electron chi connectivity index (χ2n) is 7.20. The second-order valence-corrected chi connectivity index (χ2v) is 9.50. The smallest absolute Gasteiger partial charge is 0.234 e. The van der Waals surface area contributed by atoms with E-state index in [9.17, 15) is 17.6 Å². The van der Waals surface area contributed by atoms with Gasteiger partial charge >= 0.3 is 0 Å². The fourth-order valence-corrected chi connectivity index (χ4v) is 5.13. The third-order valence-corrected chi connectivity index (χ3v) is 7.05. The van der Waals surface area contributed by atoms with Crippen molar-refractivity contribution in [3.63, 3.8) is 0 Å². The van der Waals surface area contributed by atoms with E-state index in [0.29, 0.717) is 19.6 Å². The van der Waals surface area contributed by atoms with Gasteiger partial charge in [0.05, 0.1) is 18.1 Å². The number of carbonyl (C=O) groups excluding carboxylic acids is 1. The van der Waals surface area contributed by atoms with Gasteiger partial charge in [-0.1, -0.05) is 25.0 Å². The summed E-state index contributed by atoms with van der Waals surface area (Å²) in [6.45, 7) is 1.61. The lowest BCUT2D eigenvalue weighted by Crippen LogP contribution is -2.47. The van der Waals surface area contributed by atoms with Gasteiger partial charge in [0.1, 0.15) is 5.82 Å². The molecular formula is C18H25FN2O3S. The first-order chi connectivity index (χ1) is 11.9. The molecule has 1 aromatic rings. The molecule has 0 bridgehead atoms. The van der Waals surface area contributed by atoms with Gasteiger partial charge in [-0.05, 0) is 30.5 Å². The van der Waals surface area contributed by atoms with Crippen molar-refractivity contribution in [3.05, 3.63) is 35.6 Å². The molecule has 0 atom stereocenters. The molecule has 1 N–H and O–H groups in total. The number of sulfone groups is 1. The molecule has 1 amide bonds. The lowest BCUT2D eigenvalue weighted by atomic mass is 9.79. The van der Waals surface area contributed by atoms with Gasteiger partial charge in [0.25, 0.3) is 0 Å². The molecule has 0 aromatic heterocycles. The minimum Gasteiger partial charge on any atom is -0.354 e. The number of halogens is 1. The molecule has 0 radical (unpaired) electrons. The van der Waals surface area contributed by atoms with E-state index in [1.165, 1.54) is 12.1 Å². The number of hydrogen-bond donors (Lipinski definition) is 1. The zero-order chi connectivity index (χ0) is 17.9. The van der Waals surface area contributed by atoms with Crippen molar-refractivity contribution >= 4 is 15.7 Å². The van der Waals surface area contributed by atoms with Crippen molar-refractivity contribution in [2.75, 3.05) is 37.7 Å². The standard InChI is InChI=1S/C18H25FN2O3S/c19-16-5-3-15(4-6-16)18(7-1-2-8-18)14-20-17(22)13-21-9-11-25(23,24)12-10-21/h3-6H,1-2,7-14H2,(H,20,22). The first kappa shape index (κ1) is 18.3. The van der Waals surface area contributed by atoms with E-state index in [-0.39, 0.29) is 35.2 Å². The number of carbonyl (C=O) groups is 1. The maximum absolute atomic E-state index is 13.2. The number of nitrogens with one attached hydrogen (secondary N) is 1. The van der Waals surface area contributed by atoms with Crippen LogP contribution in [0.2, 0.25) is 0 Å². The maximum Gasteiger partial charge on any atom is 0.234 e. The van der Waals surface area contributed by atoms with Gasteiger partial charge < -0.3 is 5.32 Å². The van der Waals surface area contributed by atoms with Gasteiger partial charge in [0, 0.05) is 25.0 Å². The minimum atomic E-state index is -2.93. The molecule has 1 aliphatic carbocycles. The van der Waals surface area contributed by atoms with E-state index in [2.05, 4.69) is 5.32 Å². The van der Waals surface area contributed by atoms with Gasteiger partial charge in [-0.25, -0.2) is 12.8 Å². The van der Waals surface area contributed by atoms with Crippen molar-refractivity contribution in [3.8, 4) is 0 Å². The van der Waals surface area contributed by atoms with Crippen LogP contribution in [0.15, 0.2) is 24.3 Å². The van der Waals surface area contributed by atoms with Crippen molar-refractivity contribution in [2.45, 2.75) is 31.1 Å². The maximum atomic E-state index is 13.2. The predicted molar refractivity (Wildman–Crippen MR) is 94.6 cm³/mol. The highest BCUT2D eigenvalue weighted by Crippen LogP contribution is 2.40. The summed E-state index contributed by atoms with van der Waals surface area (Å²) in [4.78, 5) is 14.2. The highest BCUT2D eigenvalue weighted by Gasteiger charge is 2.36. The van der Waals surface area contributed by atoms with Crippen LogP contribution in [0.1, 0.15) is 31.2 Å².